The average Bonchev–Trinajstić information content (AvgIpc) is 3.44. The molecule has 5 rings (SSSR count). The third kappa shape index (κ3) is 3.16. The summed E-state index contributed by atoms with van der Waals surface area (Å²) in [5.41, 5.74) is 3.11. The van der Waals surface area contributed by atoms with E-state index < -0.39 is 0 Å². The molecule has 0 saturated carbocycles. The Kier molecular flexibility index (Phi) is 4.40. The van der Waals surface area contributed by atoms with Crippen molar-refractivity contribution in [1.82, 2.24) is 34.7 Å². The van der Waals surface area contributed by atoms with Crippen LogP contribution in [0.25, 0.3) is 28.2 Å². The molecular formula is C21H17N7O2. The van der Waals surface area contributed by atoms with Crippen LogP contribution >= 0.6 is 0 Å². The Morgan fingerprint density at radius 3 is 2.60 bits per heavy atom. The quantitative estimate of drug-likeness (QED) is 0.447. The fourth-order valence-corrected chi connectivity index (χ4v) is 3.17. The third-order valence-electron chi connectivity index (χ3n) is 4.82. The molecule has 9 heteroatoms. The molecule has 0 unspecified atom stereocenters. The molecule has 5 aromatic rings. The summed E-state index contributed by atoms with van der Waals surface area (Å²) in [7, 11) is 0. The van der Waals surface area contributed by atoms with Gasteiger partial charge in [0.1, 0.15) is 12.9 Å². The first-order valence-corrected chi connectivity index (χ1v) is 9.51. The van der Waals surface area contributed by atoms with Crippen molar-refractivity contribution < 1.29 is 4.52 Å². The van der Waals surface area contributed by atoms with E-state index in [1.54, 1.807) is 0 Å². The van der Waals surface area contributed by atoms with Gasteiger partial charge in [0.2, 0.25) is 11.7 Å². The molecule has 0 bridgehead atoms. The van der Waals surface area contributed by atoms with Crippen molar-refractivity contribution in [2.45, 2.75) is 19.9 Å². The Labute approximate surface area is 170 Å². The zero-order valence-corrected chi connectivity index (χ0v) is 16.1. The van der Waals surface area contributed by atoms with Gasteiger partial charge in [-0.3, -0.25) is 9.36 Å². The Morgan fingerprint density at radius 1 is 1.03 bits per heavy atom. The highest BCUT2D eigenvalue weighted by molar-refractivity contribution is 5.70. The van der Waals surface area contributed by atoms with E-state index in [0.717, 1.165) is 17.7 Å². The van der Waals surface area contributed by atoms with E-state index in [4.69, 9.17) is 4.52 Å². The summed E-state index contributed by atoms with van der Waals surface area (Å²) in [6.07, 6.45) is 2.40. The first-order chi connectivity index (χ1) is 14.7. The Bertz CT molecular complexity index is 1370. The smallest absolute Gasteiger partial charge is 0.284 e. The lowest BCUT2D eigenvalue weighted by atomic mass is 10.1. The van der Waals surface area contributed by atoms with Crippen LogP contribution in [0.5, 0.6) is 0 Å². The van der Waals surface area contributed by atoms with Crippen molar-refractivity contribution in [3.05, 3.63) is 82.7 Å². The van der Waals surface area contributed by atoms with Crippen molar-refractivity contribution >= 4 is 11.2 Å². The van der Waals surface area contributed by atoms with E-state index in [1.165, 1.54) is 21.1 Å². The van der Waals surface area contributed by atoms with Gasteiger partial charge in [-0.2, -0.15) is 9.67 Å². The molecule has 30 heavy (non-hydrogen) atoms. The first-order valence-electron chi connectivity index (χ1n) is 9.51. The normalized spacial score (nSPS) is 11.2. The second-order valence-corrected chi connectivity index (χ2v) is 6.75. The Balaban J connectivity index is 1.44. The van der Waals surface area contributed by atoms with Crippen molar-refractivity contribution in [2.24, 2.45) is 0 Å². The number of rotatable bonds is 5. The van der Waals surface area contributed by atoms with Gasteiger partial charge in [-0.25, -0.2) is 4.98 Å². The minimum absolute atomic E-state index is 0.0972. The van der Waals surface area contributed by atoms with Crippen LogP contribution in [0.3, 0.4) is 0 Å². The third-order valence-corrected chi connectivity index (χ3v) is 4.82. The lowest BCUT2D eigenvalue weighted by Gasteiger charge is -2.02. The van der Waals surface area contributed by atoms with Gasteiger partial charge in [-0.1, -0.05) is 59.8 Å². The van der Waals surface area contributed by atoms with Crippen LogP contribution in [0.4, 0.5) is 0 Å². The van der Waals surface area contributed by atoms with Gasteiger partial charge in [-0.15, -0.1) is 5.10 Å². The number of fused-ring (bicyclic) bond motifs is 1. The number of para-hydroxylation sites is 1. The molecule has 148 valence electrons. The maximum absolute atomic E-state index is 12.8. The fraction of sp³-hybridized carbons (Fsp3) is 0.143. The van der Waals surface area contributed by atoms with E-state index in [1.807, 2.05) is 54.6 Å². The minimum atomic E-state index is -0.325. The summed E-state index contributed by atoms with van der Waals surface area (Å²) in [6, 6.07) is 17.4. The molecule has 0 aliphatic rings. The zero-order valence-electron chi connectivity index (χ0n) is 16.1. The highest BCUT2D eigenvalue weighted by atomic mass is 16.5. The number of nitrogens with zero attached hydrogens (tertiary/aromatic N) is 7. The highest BCUT2D eigenvalue weighted by Gasteiger charge is 2.15. The lowest BCUT2D eigenvalue weighted by molar-refractivity contribution is 0.369. The van der Waals surface area contributed by atoms with Gasteiger partial charge < -0.3 is 4.52 Å². The van der Waals surface area contributed by atoms with Crippen LogP contribution < -0.4 is 5.56 Å². The number of hydrogen-bond acceptors (Lipinski definition) is 7. The maximum atomic E-state index is 12.8. The lowest BCUT2D eigenvalue weighted by Crippen LogP contribution is -2.21. The molecule has 0 atom stereocenters. The highest BCUT2D eigenvalue weighted by Crippen LogP contribution is 2.17. The topological polar surface area (TPSA) is 105 Å². The molecule has 0 aliphatic heterocycles. The largest absolute Gasteiger partial charge is 0.337 e. The molecule has 0 aliphatic carbocycles. The molecule has 3 heterocycles. The number of aromatic nitrogens is 7. The van der Waals surface area contributed by atoms with E-state index in [2.05, 4.69) is 32.4 Å². The molecule has 0 saturated heterocycles. The van der Waals surface area contributed by atoms with Crippen molar-refractivity contribution in [3.63, 3.8) is 0 Å². The molecule has 3 aromatic heterocycles. The van der Waals surface area contributed by atoms with Crippen LogP contribution in [0, 0.1) is 0 Å². The van der Waals surface area contributed by atoms with Gasteiger partial charge in [0.15, 0.2) is 11.2 Å². The van der Waals surface area contributed by atoms with Crippen LogP contribution in [-0.2, 0) is 13.0 Å². The van der Waals surface area contributed by atoms with Crippen LogP contribution in [0.2, 0.25) is 0 Å². The zero-order chi connectivity index (χ0) is 20.5. The summed E-state index contributed by atoms with van der Waals surface area (Å²) in [5, 5.41) is 12.1. The molecule has 9 nitrogen and oxygen atoms in total. The van der Waals surface area contributed by atoms with E-state index in [0.29, 0.717) is 17.4 Å². The molecule has 0 radical (unpaired) electrons. The number of hydrogen-bond donors (Lipinski definition) is 0. The van der Waals surface area contributed by atoms with Gasteiger partial charge in [0, 0.05) is 5.56 Å². The Morgan fingerprint density at radius 2 is 1.83 bits per heavy atom. The van der Waals surface area contributed by atoms with Crippen molar-refractivity contribution in [3.8, 4) is 17.1 Å². The molecule has 0 fully saturated rings. The molecule has 0 spiro atoms. The molecule has 2 aromatic carbocycles. The van der Waals surface area contributed by atoms with E-state index in [-0.39, 0.29) is 17.6 Å². The summed E-state index contributed by atoms with van der Waals surface area (Å²) in [4.78, 5) is 21.6. The number of benzene rings is 2. The van der Waals surface area contributed by atoms with Crippen LogP contribution in [-0.4, -0.2) is 34.7 Å². The standard InChI is InChI=1S/C21H17N7O2/c1-2-14-8-10-15(11-9-14)19-23-17(30-25-19)12-27-13-22-20-18(21(27)29)24-26-28(20)16-6-4-3-5-7-16/h3-11,13H,2,12H2,1H3. The number of aryl methyl sites for hydroxylation is 1. The van der Waals surface area contributed by atoms with Crippen molar-refractivity contribution in [1.29, 1.82) is 0 Å². The van der Waals surface area contributed by atoms with Crippen molar-refractivity contribution in [2.75, 3.05) is 0 Å². The summed E-state index contributed by atoms with van der Waals surface area (Å²) in [5.74, 6) is 0.785. The minimum Gasteiger partial charge on any atom is -0.337 e. The molecular weight excluding hydrogens is 382 g/mol. The van der Waals surface area contributed by atoms with Gasteiger partial charge in [0.25, 0.3) is 5.56 Å². The van der Waals surface area contributed by atoms with Gasteiger partial charge in [0.05, 0.1) is 5.69 Å². The predicted octanol–water partition coefficient (Wildman–Crippen LogP) is 2.64. The molecule has 0 amide bonds. The maximum Gasteiger partial charge on any atom is 0.284 e. The summed E-state index contributed by atoms with van der Waals surface area (Å²) >= 11 is 0. The monoisotopic (exact) mass is 399 g/mol. The van der Waals surface area contributed by atoms with Crippen LogP contribution in [0.1, 0.15) is 18.4 Å². The predicted molar refractivity (Wildman–Crippen MR) is 109 cm³/mol. The van der Waals surface area contributed by atoms with Gasteiger partial charge in [-0.05, 0) is 24.1 Å². The molecule has 0 N–H and O–H groups in total. The fourth-order valence-electron chi connectivity index (χ4n) is 3.17. The van der Waals surface area contributed by atoms with Crippen LogP contribution in [0.15, 0.2) is 70.2 Å². The Hall–Kier alpha value is -4.14. The van der Waals surface area contributed by atoms with E-state index in [9.17, 15) is 4.79 Å². The second-order valence-electron chi connectivity index (χ2n) is 6.75. The average molecular weight is 399 g/mol. The first kappa shape index (κ1) is 17.9. The summed E-state index contributed by atoms with van der Waals surface area (Å²) < 4.78 is 8.24. The second kappa shape index (κ2) is 7.36. The SMILES string of the molecule is CCc1ccc(-c2noc(Cn3cnc4c(nnn4-c4ccccc4)c3=O)n2)cc1. The summed E-state index contributed by atoms with van der Waals surface area (Å²) in [6.45, 7) is 2.20. The van der Waals surface area contributed by atoms with E-state index >= 15 is 0 Å². The van der Waals surface area contributed by atoms with Gasteiger partial charge >= 0.3 is 0 Å².